The van der Waals surface area contributed by atoms with E-state index in [1.165, 1.54) is 19.8 Å². The Kier molecular flexibility index (Phi) is 8.50. The standard InChI is InChI=1S/C29H43NO8/c1-27-12-9-19(31)15-18(27)5-6-20-21(27)10-13-28(2)22(20)11-14-29(28,35)23(32)17-38-25(34)8-7-24(33)30-16-26(36-3)37-4/h15,20-22,26,35H,5-14,16-17H2,1-4H3,(H,30,33)/t20?,21?,22?,27-,28-,29-/m1/s1. The molecule has 0 aliphatic heterocycles. The summed E-state index contributed by atoms with van der Waals surface area (Å²) >= 11 is 0. The van der Waals surface area contributed by atoms with E-state index < -0.39 is 35.7 Å². The van der Waals surface area contributed by atoms with E-state index in [9.17, 15) is 24.3 Å². The molecular formula is C29H43NO8. The first-order valence-corrected chi connectivity index (χ1v) is 14.0. The van der Waals surface area contributed by atoms with E-state index in [0.29, 0.717) is 24.7 Å². The summed E-state index contributed by atoms with van der Waals surface area (Å²) in [7, 11) is 2.92. The van der Waals surface area contributed by atoms with Crippen LogP contribution >= 0.6 is 0 Å². The maximum atomic E-state index is 13.3. The minimum atomic E-state index is -1.53. The van der Waals surface area contributed by atoms with Gasteiger partial charge >= 0.3 is 5.97 Å². The summed E-state index contributed by atoms with van der Waals surface area (Å²) in [6, 6.07) is 0. The second-order valence-electron chi connectivity index (χ2n) is 12.1. The smallest absolute Gasteiger partial charge is 0.306 e. The van der Waals surface area contributed by atoms with Crippen LogP contribution in [-0.4, -0.2) is 67.8 Å². The lowest BCUT2D eigenvalue weighted by Crippen LogP contribution is -2.58. The molecule has 0 saturated heterocycles. The number of hydrogen-bond donors (Lipinski definition) is 2. The van der Waals surface area contributed by atoms with Crippen LogP contribution in [0, 0.1) is 28.6 Å². The molecule has 0 radical (unpaired) electrons. The summed E-state index contributed by atoms with van der Waals surface area (Å²) in [6.07, 6.45) is 7.23. The van der Waals surface area contributed by atoms with Crippen LogP contribution in [0.3, 0.4) is 0 Å². The number of esters is 1. The molecule has 9 heteroatoms. The molecule has 0 aromatic heterocycles. The van der Waals surface area contributed by atoms with Gasteiger partial charge in [0.25, 0.3) is 0 Å². The molecule has 212 valence electrons. The Hall–Kier alpha value is -2.10. The number of aliphatic hydroxyl groups is 1. The number of ether oxygens (including phenoxy) is 3. The fourth-order valence-electron chi connectivity index (χ4n) is 8.14. The van der Waals surface area contributed by atoms with Crippen LogP contribution in [0.4, 0.5) is 0 Å². The maximum absolute atomic E-state index is 13.3. The number of carbonyl (C=O) groups is 4. The predicted octanol–water partition coefficient (Wildman–Crippen LogP) is 2.88. The van der Waals surface area contributed by atoms with Crippen molar-refractivity contribution in [1.82, 2.24) is 5.32 Å². The van der Waals surface area contributed by atoms with Crippen LogP contribution in [0.5, 0.6) is 0 Å². The first-order valence-electron chi connectivity index (χ1n) is 14.0. The van der Waals surface area contributed by atoms with Crippen molar-refractivity contribution < 1.29 is 38.5 Å². The number of ketones is 2. The van der Waals surface area contributed by atoms with E-state index in [4.69, 9.17) is 14.2 Å². The molecule has 3 unspecified atom stereocenters. The SMILES string of the molecule is COC(CNC(=O)CCC(=O)OCC(=O)[C@]1(O)CCC2C3CCC4=CC(=O)CC[C@@]4(C)C3CC[C@]21C)OC. The van der Waals surface area contributed by atoms with Gasteiger partial charge in [-0.25, -0.2) is 0 Å². The lowest BCUT2D eigenvalue weighted by Gasteiger charge is -2.58. The monoisotopic (exact) mass is 533 g/mol. The highest BCUT2D eigenvalue weighted by Gasteiger charge is 2.66. The van der Waals surface area contributed by atoms with Crippen molar-refractivity contribution in [3.63, 3.8) is 0 Å². The minimum Gasteiger partial charge on any atom is -0.458 e. The zero-order valence-electron chi connectivity index (χ0n) is 23.2. The molecule has 4 aliphatic carbocycles. The van der Waals surface area contributed by atoms with E-state index in [2.05, 4.69) is 12.2 Å². The number of amides is 1. The predicted molar refractivity (Wildman–Crippen MR) is 138 cm³/mol. The van der Waals surface area contributed by atoms with Gasteiger partial charge in [-0.1, -0.05) is 19.4 Å². The van der Waals surface area contributed by atoms with Crippen molar-refractivity contribution in [3.8, 4) is 0 Å². The van der Waals surface area contributed by atoms with E-state index in [-0.39, 0.29) is 42.4 Å². The van der Waals surface area contributed by atoms with Crippen molar-refractivity contribution in [3.05, 3.63) is 11.6 Å². The molecule has 38 heavy (non-hydrogen) atoms. The molecule has 0 heterocycles. The zero-order chi connectivity index (χ0) is 27.7. The Bertz CT molecular complexity index is 989. The number of nitrogens with one attached hydrogen (secondary N) is 1. The molecule has 4 rings (SSSR count). The first-order chi connectivity index (χ1) is 18.0. The van der Waals surface area contributed by atoms with E-state index in [1.807, 2.05) is 13.0 Å². The molecule has 0 bridgehead atoms. The average molecular weight is 534 g/mol. The third kappa shape index (κ3) is 5.09. The molecule has 0 spiro atoms. The molecule has 0 aromatic rings. The molecular weight excluding hydrogens is 490 g/mol. The van der Waals surface area contributed by atoms with Gasteiger partial charge in [0.15, 0.2) is 18.7 Å². The van der Waals surface area contributed by atoms with Gasteiger partial charge in [0.1, 0.15) is 5.60 Å². The molecule has 9 nitrogen and oxygen atoms in total. The van der Waals surface area contributed by atoms with E-state index in [0.717, 1.165) is 38.5 Å². The van der Waals surface area contributed by atoms with Gasteiger partial charge in [-0.3, -0.25) is 19.2 Å². The minimum absolute atomic E-state index is 0.0265. The van der Waals surface area contributed by atoms with Crippen molar-refractivity contribution in [2.24, 2.45) is 28.6 Å². The largest absolute Gasteiger partial charge is 0.458 e. The number of Topliss-reactive ketones (excluding diaryl/α,β-unsaturated/α-hetero) is 1. The van der Waals surface area contributed by atoms with E-state index in [1.54, 1.807) is 0 Å². The van der Waals surface area contributed by atoms with Gasteiger partial charge in [0.05, 0.1) is 13.0 Å². The second kappa shape index (κ2) is 11.2. The van der Waals surface area contributed by atoms with Gasteiger partial charge in [-0.05, 0) is 74.2 Å². The van der Waals surface area contributed by atoms with Crippen molar-refractivity contribution in [2.75, 3.05) is 27.4 Å². The van der Waals surface area contributed by atoms with Crippen LogP contribution in [0.25, 0.3) is 0 Å². The van der Waals surface area contributed by atoms with E-state index >= 15 is 0 Å². The summed E-state index contributed by atoms with van der Waals surface area (Å²) in [6.45, 7) is 4.01. The molecule has 4 aliphatic rings. The topological polar surface area (TPSA) is 128 Å². The van der Waals surface area contributed by atoms with Crippen molar-refractivity contribution >= 4 is 23.4 Å². The van der Waals surface area contributed by atoms with Crippen molar-refractivity contribution in [1.29, 1.82) is 0 Å². The highest BCUT2D eigenvalue weighted by Crippen LogP contribution is 2.67. The van der Waals surface area contributed by atoms with Gasteiger partial charge in [-0.2, -0.15) is 0 Å². The molecule has 2 N–H and O–H groups in total. The molecule has 6 atom stereocenters. The quantitative estimate of drug-likeness (QED) is 0.324. The maximum Gasteiger partial charge on any atom is 0.306 e. The van der Waals surface area contributed by atoms with Crippen LogP contribution in [0.1, 0.15) is 78.1 Å². The Balaban J connectivity index is 1.33. The lowest BCUT2D eigenvalue weighted by molar-refractivity contribution is -0.170. The van der Waals surface area contributed by atoms with Gasteiger partial charge < -0.3 is 24.6 Å². The van der Waals surface area contributed by atoms with Gasteiger partial charge in [-0.15, -0.1) is 0 Å². The average Bonchev–Trinajstić information content (AvgIpc) is 3.18. The summed E-state index contributed by atoms with van der Waals surface area (Å²) in [5.74, 6) is -0.141. The summed E-state index contributed by atoms with van der Waals surface area (Å²) < 4.78 is 15.2. The number of carbonyl (C=O) groups excluding carboxylic acids is 4. The normalized spacial score (nSPS) is 36.1. The highest BCUT2D eigenvalue weighted by atomic mass is 16.7. The van der Waals surface area contributed by atoms with Gasteiger partial charge in [0, 0.05) is 32.5 Å². The Labute approximate surface area is 225 Å². The molecule has 1 amide bonds. The van der Waals surface area contributed by atoms with Crippen LogP contribution in [0.2, 0.25) is 0 Å². The Morgan fingerprint density at radius 3 is 2.45 bits per heavy atom. The number of rotatable bonds is 10. The highest BCUT2D eigenvalue weighted by molar-refractivity contribution is 5.92. The third-order valence-electron chi connectivity index (χ3n) is 10.5. The van der Waals surface area contributed by atoms with Crippen LogP contribution < -0.4 is 5.32 Å². The number of allylic oxidation sites excluding steroid dienone is 1. The third-order valence-corrected chi connectivity index (χ3v) is 10.5. The molecule has 3 fully saturated rings. The van der Waals surface area contributed by atoms with Crippen LogP contribution in [-0.2, 0) is 33.4 Å². The van der Waals surface area contributed by atoms with Crippen LogP contribution in [0.15, 0.2) is 11.6 Å². The van der Waals surface area contributed by atoms with Crippen molar-refractivity contribution in [2.45, 2.75) is 89.9 Å². The fourth-order valence-corrected chi connectivity index (χ4v) is 8.14. The number of hydrogen-bond acceptors (Lipinski definition) is 8. The summed E-state index contributed by atoms with van der Waals surface area (Å²) in [5.41, 5.74) is -0.784. The number of fused-ring (bicyclic) bond motifs is 5. The lowest BCUT2D eigenvalue weighted by atomic mass is 9.46. The Morgan fingerprint density at radius 1 is 1.03 bits per heavy atom. The molecule has 3 saturated carbocycles. The Morgan fingerprint density at radius 2 is 1.74 bits per heavy atom. The zero-order valence-corrected chi connectivity index (χ0v) is 23.2. The fraction of sp³-hybridized carbons (Fsp3) is 0.793. The summed E-state index contributed by atoms with van der Waals surface area (Å²) in [5, 5.41) is 14.4. The first kappa shape index (κ1) is 28.9. The van der Waals surface area contributed by atoms with Gasteiger partial charge in [0.2, 0.25) is 11.7 Å². The molecule has 0 aromatic carbocycles. The number of methoxy groups -OCH3 is 2. The second-order valence-corrected chi connectivity index (χ2v) is 12.1. The summed E-state index contributed by atoms with van der Waals surface area (Å²) in [4.78, 5) is 49.6.